The summed E-state index contributed by atoms with van der Waals surface area (Å²) >= 11 is 1.60. The Kier molecular flexibility index (Phi) is 3.39. The first kappa shape index (κ1) is 13.6. The van der Waals surface area contributed by atoms with E-state index in [4.69, 9.17) is 10.5 Å². The third-order valence-electron chi connectivity index (χ3n) is 3.10. The Bertz CT molecular complexity index is 816. The van der Waals surface area contributed by atoms with Gasteiger partial charge in [-0.1, -0.05) is 0 Å². The Morgan fingerprint density at radius 3 is 2.81 bits per heavy atom. The van der Waals surface area contributed by atoms with Gasteiger partial charge in [-0.3, -0.25) is 0 Å². The van der Waals surface area contributed by atoms with Crippen LogP contribution in [0.15, 0.2) is 30.3 Å². The second-order valence-corrected chi connectivity index (χ2v) is 5.84. The lowest BCUT2D eigenvalue weighted by Crippen LogP contribution is -1.99. The summed E-state index contributed by atoms with van der Waals surface area (Å²) in [4.78, 5) is 4.44. The Morgan fingerprint density at radius 1 is 1.24 bits per heavy atom. The highest BCUT2D eigenvalue weighted by Gasteiger charge is 2.10. The van der Waals surface area contributed by atoms with Crippen molar-refractivity contribution >= 4 is 38.6 Å². The van der Waals surface area contributed by atoms with Crippen LogP contribution in [0.1, 0.15) is 5.01 Å². The van der Waals surface area contributed by atoms with E-state index < -0.39 is 0 Å². The van der Waals surface area contributed by atoms with Gasteiger partial charge in [0.1, 0.15) is 11.6 Å². The number of thiazole rings is 1. The third kappa shape index (κ3) is 2.62. The number of nitrogens with two attached hydrogens (primary N) is 1. The minimum Gasteiger partial charge on any atom is -0.494 e. The van der Waals surface area contributed by atoms with Crippen LogP contribution in [-0.4, -0.2) is 12.1 Å². The molecule has 0 aliphatic heterocycles. The van der Waals surface area contributed by atoms with Crippen LogP contribution in [0.2, 0.25) is 0 Å². The van der Waals surface area contributed by atoms with E-state index in [0.29, 0.717) is 17.1 Å². The normalized spacial score (nSPS) is 10.8. The molecule has 3 N–H and O–H groups in total. The van der Waals surface area contributed by atoms with E-state index >= 15 is 0 Å². The topological polar surface area (TPSA) is 60.2 Å². The molecule has 6 heteroatoms. The van der Waals surface area contributed by atoms with Gasteiger partial charge >= 0.3 is 0 Å². The van der Waals surface area contributed by atoms with Gasteiger partial charge < -0.3 is 15.8 Å². The summed E-state index contributed by atoms with van der Waals surface area (Å²) in [5, 5.41) is 4.16. The van der Waals surface area contributed by atoms with Crippen molar-refractivity contribution in [3.05, 3.63) is 41.2 Å². The van der Waals surface area contributed by atoms with E-state index in [-0.39, 0.29) is 5.82 Å². The Balaban J connectivity index is 2.03. The molecule has 0 atom stereocenters. The molecule has 108 valence electrons. The van der Waals surface area contributed by atoms with Gasteiger partial charge in [-0.25, -0.2) is 9.37 Å². The maximum atomic E-state index is 13.2. The molecular weight excluding hydrogens is 289 g/mol. The van der Waals surface area contributed by atoms with Gasteiger partial charge in [0.25, 0.3) is 0 Å². The molecule has 0 bridgehead atoms. The smallest absolute Gasteiger partial charge is 0.145 e. The number of halogens is 1. The van der Waals surface area contributed by atoms with E-state index in [9.17, 15) is 4.39 Å². The second-order valence-electron chi connectivity index (χ2n) is 4.61. The van der Waals surface area contributed by atoms with E-state index in [0.717, 1.165) is 20.9 Å². The molecule has 0 aliphatic carbocycles. The van der Waals surface area contributed by atoms with Crippen molar-refractivity contribution in [3.8, 4) is 5.75 Å². The molecule has 2 aromatic carbocycles. The standard InChI is InChI=1S/C15H14FN3OS/c1-8-18-13-7-12(10(17)6-15(13)21-8)19-11-4-3-9(16)5-14(11)20-2/h3-7,19H,17H2,1-2H3. The van der Waals surface area contributed by atoms with Crippen LogP contribution in [0, 0.1) is 12.7 Å². The molecule has 1 heterocycles. The van der Waals surface area contributed by atoms with Gasteiger partial charge in [-0.2, -0.15) is 0 Å². The van der Waals surface area contributed by atoms with Crippen molar-refractivity contribution in [2.24, 2.45) is 0 Å². The third-order valence-corrected chi connectivity index (χ3v) is 4.03. The molecule has 21 heavy (non-hydrogen) atoms. The monoisotopic (exact) mass is 303 g/mol. The number of aromatic nitrogens is 1. The first-order chi connectivity index (χ1) is 10.1. The Labute approximate surface area is 125 Å². The van der Waals surface area contributed by atoms with Crippen molar-refractivity contribution in [1.29, 1.82) is 0 Å². The van der Waals surface area contributed by atoms with Crippen LogP contribution in [0.5, 0.6) is 5.75 Å². The Hall–Kier alpha value is -2.34. The molecule has 1 aromatic heterocycles. The number of nitrogens with zero attached hydrogens (tertiary/aromatic N) is 1. The molecule has 0 aliphatic rings. The second kappa shape index (κ2) is 5.21. The number of benzene rings is 2. The van der Waals surface area contributed by atoms with Gasteiger partial charge in [0, 0.05) is 6.07 Å². The quantitative estimate of drug-likeness (QED) is 0.716. The molecule has 4 nitrogen and oxygen atoms in total. The van der Waals surface area contributed by atoms with Gasteiger partial charge in [0.15, 0.2) is 0 Å². The van der Waals surface area contributed by atoms with Gasteiger partial charge in [0.2, 0.25) is 0 Å². The van der Waals surface area contributed by atoms with Crippen LogP contribution in [-0.2, 0) is 0 Å². The van der Waals surface area contributed by atoms with Crippen LogP contribution in [0.25, 0.3) is 10.2 Å². The van der Waals surface area contributed by atoms with Gasteiger partial charge in [0.05, 0.1) is 39.4 Å². The number of nitrogens with one attached hydrogen (secondary N) is 1. The van der Waals surface area contributed by atoms with Crippen molar-refractivity contribution < 1.29 is 9.13 Å². The number of rotatable bonds is 3. The first-order valence-electron chi connectivity index (χ1n) is 6.34. The Morgan fingerprint density at radius 2 is 2.05 bits per heavy atom. The number of ether oxygens (including phenoxy) is 1. The number of anilines is 3. The fraction of sp³-hybridized carbons (Fsp3) is 0.133. The number of nitrogen functional groups attached to an aromatic ring is 1. The van der Waals surface area contributed by atoms with Crippen molar-refractivity contribution in [2.75, 3.05) is 18.2 Å². The summed E-state index contributed by atoms with van der Waals surface area (Å²) in [6.45, 7) is 1.96. The number of hydrogen-bond acceptors (Lipinski definition) is 5. The molecular formula is C15H14FN3OS. The summed E-state index contributed by atoms with van der Waals surface area (Å²) in [5.74, 6) is 0.0694. The van der Waals surface area contributed by atoms with Crippen molar-refractivity contribution in [3.63, 3.8) is 0 Å². The summed E-state index contributed by atoms with van der Waals surface area (Å²) in [6, 6.07) is 8.08. The predicted molar refractivity (Wildman–Crippen MR) is 85.0 cm³/mol. The zero-order valence-electron chi connectivity index (χ0n) is 11.6. The van der Waals surface area contributed by atoms with Crippen molar-refractivity contribution in [1.82, 2.24) is 4.98 Å². The molecule has 0 saturated heterocycles. The van der Waals surface area contributed by atoms with Crippen molar-refractivity contribution in [2.45, 2.75) is 6.92 Å². The van der Waals surface area contributed by atoms with Crippen LogP contribution >= 0.6 is 11.3 Å². The van der Waals surface area contributed by atoms with E-state index in [2.05, 4.69) is 10.3 Å². The largest absolute Gasteiger partial charge is 0.494 e. The zero-order valence-corrected chi connectivity index (χ0v) is 12.4. The minimum atomic E-state index is -0.351. The molecule has 0 saturated carbocycles. The first-order valence-corrected chi connectivity index (χ1v) is 7.15. The number of methoxy groups -OCH3 is 1. The summed E-state index contributed by atoms with van der Waals surface area (Å²) in [5.41, 5.74) is 8.93. The summed E-state index contributed by atoms with van der Waals surface area (Å²) in [7, 11) is 1.50. The highest BCUT2D eigenvalue weighted by molar-refractivity contribution is 7.18. The fourth-order valence-corrected chi connectivity index (χ4v) is 2.98. The molecule has 0 radical (unpaired) electrons. The number of aryl methyl sites for hydroxylation is 1. The highest BCUT2D eigenvalue weighted by atomic mass is 32.1. The van der Waals surface area contributed by atoms with Crippen LogP contribution in [0.3, 0.4) is 0 Å². The zero-order chi connectivity index (χ0) is 15.0. The van der Waals surface area contributed by atoms with Gasteiger partial charge in [-0.15, -0.1) is 11.3 Å². The van der Waals surface area contributed by atoms with E-state index in [1.807, 2.05) is 19.1 Å². The number of hydrogen-bond donors (Lipinski definition) is 2. The maximum Gasteiger partial charge on any atom is 0.145 e. The molecule has 0 fully saturated rings. The minimum absolute atomic E-state index is 0.351. The summed E-state index contributed by atoms with van der Waals surface area (Å²) < 4.78 is 19.4. The van der Waals surface area contributed by atoms with E-state index in [1.54, 1.807) is 17.4 Å². The molecule has 3 aromatic rings. The van der Waals surface area contributed by atoms with Crippen LogP contribution in [0.4, 0.5) is 21.5 Å². The van der Waals surface area contributed by atoms with E-state index in [1.165, 1.54) is 19.2 Å². The molecule has 0 spiro atoms. The predicted octanol–water partition coefficient (Wildman–Crippen LogP) is 4.08. The lowest BCUT2D eigenvalue weighted by Gasteiger charge is -2.13. The van der Waals surface area contributed by atoms with Gasteiger partial charge in [-0.05, 0) is 31.2 Å². The molecule has 0 unspecified atom stereocenters. The number of fused-ring (bicyclic) bond motifs is 1. The lowest BCUT2D eigenvalue weighted by molar-refractivity contribution is 0.413. The van der Waals surface area contributed by atoms with Crippen LogP contribution < -0.4 is 15.8 Å². The lowest BCUT2D eigenvalue weighted by atomic mass is 10.2. The SMILES string of the molecule is COc1cc(F)ccc1Nc1cc2nc(C)sc2cc1N. The average Bonchev–Trinajstić information content (AvgIpc) is 2.80. The average molecular weight is 303 g/mol. The maximum absolute atomic E-state index is 13.2. The fourth-order valence-electron chi connectivity index (χ4n) is 2.13. The molecule has 3 rings (SSSR count). The molecule has 0 amide bonds. The highest BCUT2D eigenvalue weighted by Crippen LogP contribution is 2.34. The summed E-state index contributed by atoms with van der Waals surface area (Å²) in [6.07, 6.45) is 0.